The number of nitrogens with zero attached hydrogens (tertiary/aromatic N) is 1. The molecule has 0 bridgehead atoms. The van der Waals surface area contributed by atoms with E-state index in [1.54, 1.807) is 11.3 Å². The normalized spacial score (nSPS) is 15.1. The Kier molecular flexibility index (Phi) is 5.95. The van der Waals surface area contributed by atoms with E-state index in [0.29, 0.717) is 19.7 Å². The molecule has 0 radical (unpaired) electrons. The van der Waals surface area contributed by atoms with Gasteiger partial charge in [0.25, 0.3) is 0 Å². The first kappa shape index (κ1) is 19.0. The molecule has 1 aliphatic heterocycles. The third-order valence-electron chi connectivity index (χ3n) is 5.49. The average Bonchev–Trinajstić information content (AvgIpc) is 3.37. The number of aryl methyl sites for hydroxylation is 2. The van der Waals surface area contributed by atoms with Gasteiger partial charge in [-0.2, -0.15) is 0 Å². The predicted molar refractivity (Wildman–Crippen MR) is 110 cm³/mol. The molecule has 1 aliphatic carbocycles. The topological polar surface area (TPSA) is 58.6 Å². The summed E-state index contributed by atoms with van der Waals surface area (Å²) >= 11 is 1.76. The molecule has 2 aromatic rings. The van der Waals surface area contributed by atoms with Crippen molar-refractivity contribution in [3.63, 3.8) is 0 Å². The molecule has 4 rings (SSSR count). The summed E-state index contributed by atoms with van der Waals surface area (Å²) in [5, 5.41) is 4.92. The molecule has 2 heterocycles. The molecule has 2 amide bonds. The Morgan fingerprint density at radius 2 is 1.96 bits per heavy atom. The van der Waals surface area contributed by atoms with Crippen LogP contribution < -0.4 is 10.1 Å². The van der Waals surface area contributed by atoms with Crippen LogP contribution in [-0.2, 0) is 35.4 Å². The summed E-state index contributed by atoms with van der Waals surface area (Å²) in [6, 6.07) is 8.34. The summed E-state index contributed by atoms with van der Waals surface area (Å²) in [6.07, 6.45) is 4.92. The maximum absolute atomic E-state index is 12.4. The summed E-state index contributed by atoms with van der Waals surface area (Å²) in [4.78, 5) is 27.6. The van der Waals surface area contributed by atoms with Crippen LogP contribution in [0.25, 0.3) is 0 Å². The van der Waals surface area contributed by atoms with Gasteiger partial charge in [-0.3, -0.25) is 9.59 Å². The maximum atomic E-state index is 12.4. The van der Waals surface area contributed by atoms with E-state index < -0.39 is 0 Å². The molecule has 0 fully saturated rings. The second kappa shape index (κ2) is 8.78. The Morgan fingerprint density at radius 1 is 1.07 bits per heavy atom. The van der Waals surface area contributed by atoms with Gasteiger partial charge < -0.3 is 15.0 Å². The molecule has 6 heteroatoms. The molecular weight excluding hydrogens is 372 g/mol. The van der Waals surface area contributed by atoms with E-state index in [1.807, 2.05) is 11.0 Å². The van der Waals surface area contributed by atoms with Crippen molar-refractivity contribution in [3.05, 3.63) is 51.2 Å². The van der Waals surface area contributed by atoms with Crippen molar-refractivity contribution in [2.45, 2.75) is 45.1 Å². The number of hydrogen-bond acceptors (Lipinski definition) is 4. The van der Waals surface area contributed by atoms with Crippen LogP contribution in [0.1, 0.15) is 40.8 Å². The summed E-state index contributed by atoms with van der Waals surface area (Å²) in [5.41, 5.74) is 4.05. The lowest BCUT2D eigenvalue weighted by atomic mass is 10.1. The lowest BCUT2D eigenvalue weighted by Gasteiger charge is -2.27. The third-order valence-corrected chi connectivity index (χ3v) is 6.51. The number of rotatable bonds is 7. The van der Waals surface area contributed by atoms with Crippen LogP contribution in [0.4, 0.5) is 0 Å². The van der Waals surface area contributed by atoms with Crippen molar-refractivity contribution in [2.75, 3.05) is 19.7 Å². The van der Waals surface area contributed by atoms with Gasteiger partial charge in [-0.1, -0.05) is 6.07 Å². The van der Waals surface area contributed by atoms with Gasteiger partial charge in [-0.15, -0.1) is 11.3 Å². The zero-order valence-electron chi connectivity index (χ0n) is 16.0. The first-order valence-electron chi connectivity index (χ1n) is 10.0. The van der Waals surface area contributed by atoms with Crippen molar-refractivity contribution in [2.24, 2.45) is 0 Å². The highest BCUT2D eigenvalue weighted by Crippen LogP contribution is 2.26. The van der Waals surface area contributed by atoms with Gasteiger partial charge in [0.2, 0.25) is 11.8 Å². The standard InChI is InChI=1S/C22H26N2O3S/c25-21(6-7-22(26)24-11-8-20-18(15-24)9-13-28-20)23-10-12-27-19-5-4-16-2-1-3-17(16)14-19/h4-5,9,13-14H,1-3,6-8,10-12,15H2,(H,23,25). The summed E-state index contributed by atoms with van der Waals surface area (Å²) in [6.45, 7) is 2.31. The maximum Gasteiger partial charge on any atom is 0.223 e. The molecule has 2 aliphatic rings. The fourth-order valence-electron chi connectivity index (χ4n) is 3.93. The number of carbonyl (C=O) groups is 2. The molecule has 5 nitrogen and oxygen atoms in total. The van der Waals surface area contributed by atoms with Crippen LogP contribution in [-0.4, -0.2) is 36.4 Å². The van der Waals surface area contributed by atoms with E-state index in [1.165, 1.54) is 28.0 Å². The third kappa shape index (κ3) is 4.55. The minimum Gasteiger partial charge on any atom is -0.492 e. The number of amides is 2. The summed E-state index contributed by atoms with van der Waals surface area (Å²) in [5.74, 6) is 0.823. The van der Waals surface area contributed by atoms with E-state index in [9.17, 15) is 9.59 Å². The first-order chi connectivity index (χ1) is 13.7. The van der Waals surface area contributed by atoms with Gasteiger partial charge in [0.05, 0.1) is 6.54 Å². The van der Waals surface area contributed by atoms with Gasteiger partial charge in [0, 0.05) is 30.8 Å². The molecule has 1 aromatic carbocycles. The number of fused-ring (bicyclic) bond motifs is 2. The van der Waals surface area contributed by atoms with E-state index in [-0.39, 0.29) is 24.7 Å². The van der Waals surface area contributed by atoms with E-state index in [4.69, 9.17) is 4.74 Å². The van der Waals surface area contributed by atoms with Crippen molar-refractivity contribution < 1.29 is 14.3 Å². The van der Waals surface area contributed by atoms with Gasteiger partial charge >= 0.3 is 0 Å². The highest BCUT2D eigenvalue weighted by Gasteiger charge is 2.21. The van der Waals surface area contributed by atoms with Gasteiger partial charge in [-0.05, 0) is 66.0 Å². The fraction of sp³-hybridized carbons (Fsp3) is 0.455. The Labute approximate surface area is 169 Å². The number of nitrogens with one attached hydrogen (secondary N) is 1. The SMILES string of the molecule is O=C(CCC(=O)N1CCc2sccc2C1)NCCOc1ccc2c(c1)CCC2. The monoisotopic (exact) mass is 398 g/mol. The second-order valence-corrected chi connectivity index (χ2v) is 8.42. The summed E-state index contributed by atoms with van der Waals surface area (Å²) < 4.78 is 5.74. The zero-order chi connectivity index (χ0) is 19.3. The number of benzene rings is 1. The molecule has 0 atom stereocenters. The Bertz CT molecular complexity index is 861. The van der Waals surface area contributed by atoms with Gasteiger partial charge in [-0.25, -0.2) is 0 Å². The average molecular weight is 399 g/mol. The molecule has 0 unspecified atom stereocenters. The Balaban J connectivity index is 1.13. The lowest BCUT2D eigenvalue weighted by Crippen LogP contribution is -2.36. The molecule has 0 saturated carbocycles. The summed E-state index contributed by atoms with van der Waals surface area (Å²) in [7, 11) is 0. The van der Waals surface area contributed by atoms with Crippen molar-refractivity contribution in [1.82, 2.24) is 10.2 Å². The van der Waals surface area contributed by atoms with Crippen LogP contribution in [0.15, 0.2) is 29.6 Å². The largest absolute Gasteiger partial charge is 0.492 e. The zero-order valence-corrected chi connectivity index (χ0v) is 16.9. The number of carbonyl (C=O) groups excluding carboxylic acids is 2. The minimum absolute atomic E-state index is 0.0568. The van der Waals surface area contributed by atoms with Crippen LogP contribution >= 0.6 is 11.3 Å². The van der Waals surface area contributed by atoms with Crippen LogP contribution in [0.2, 0.25) is 0 Å². The second-order valence-electron chi connectivity index (χ2n) is 7.42. The molecule has 1 N–H and O–H groups in total. The predicted octanol–water partition coefficient (Wildman–Crippen LogP) is 3.10. The van der Waals surface area contributed by atoms with Crippen LogP contribution in [0.5, 0.6) is 5.75 Å². The highest BCUT2D eigenvalue weighted by atomic mass is 32.1. The Hall–Kier alpha value is -2.34. The molecular formula is C22H26N2O3S. The molecule has 0 saturated heterocycles. The van der Waals surface area contributed by atoms with Crippen molar-refractivity contribution in [1.29, 1.82) is 0 Å². The van der Waals surface area contributed by atoms with Gasteiger partial charge in [0.1, 0.15) is 12.4 Å². The van der Waals surface area contributed by atoms with E-state index in [0.717, 1.165) is 31.6 Å². The van der Waals surface area contributed by atoms with Crippen molar-refractivity contribution >= 4 is 23.2 Å². The number of thiophene rings is 1. The van der Waals surface area contributed by atoms with E-state index in [2.05, 4.69) is 28.9 Å². The first-order valence-corrected chi connectivity index (χ1v) is 10.9. The Morgan fingerprint density at radius 3 is 2.89 bits per heavy atom. The smallest absolute Gasteiger partial charge is 0.223 e. The van der Waals surface area contributed by atoms with Crippen LogP contribution in [0, 0.1) is 0 Å². The fourth-order valence-corrected chi connectivity index (χ4v) is 4.82. The highest BCUT2D eigenvalue weighted by molar-refractivity contribution is 7.10. The molecule has 148 valence electrons. The lowest BCUT2D eigenvalue weighted by molar-refractivity contribution is -0.134. The molecule has 1 aromatic heterocycles. The quantitative estimate of drug-likeness (QED) is 0.729. The number of hydrogen-bond donors (Lipinski definition) is 1. The van der Waals surface area contributed by atoms with Gasteiger partial charge in [0.15, 0.2) is 0 Å². The minimum atomic E-state index is -0.0980. The molecule has 0 spiro atoms. The van der Waals surface area contributed by atoms with Crippen molar-refractivity contribution in [3.8, 4) is 5.75 Å². The van der Waals surface area contributed by atoms with Crippen LogP contribution in [0.3, 0.4) is 0 Å². The van der Waals surface area contributed by atoms with E-state index >= 15 is 0 Å². The number of ether oxygens (including phenoxy) is 1. The molecule has 28 heavy (non-hydrogen) atoms.